The first-order valence-electron chi connectivity index (χ1n) is 5.17. The summed E-state index contributed by atoms with van der Waals surface area (Å²) >= 11 is 5.70. The molecule has 7 heteroatoms. The van der Waals surface area contributed by atoms with Gasteiger partial charge in [0.2, 0.25) is 0 Å². The average molecular weight is 267 g/mol. The zero-order chi connectivity index (χ0) is 13.0. The maximum atomic E-state index is 10.5. The van der Waals surface area contributed by atoms with Gasteiger partial charge in [0.1, 0.15) is 11.8 Å². The molecular formula is C11H11ClN4O2. The van der Waals surface area contributed by atoms with Crippen LogP contribution in [0.5, 0.6) is 0 Å². The normalized spacial score (nSPS) is 10.3. The van der Waals surface area contributed by atoms with Gasteiger partial charge in [0, 0.05) is 18.0 Å². The highest BCUT2D eigenvalue weighted by Gasteiger charge is 2.02. The van der Waals surface area contributed by atoms with Gasteiger partial charge < -0.3 is 10.5 Å². The highest BCUT2D eigenvalue weighted by Crippen LogP contribution is 2.07. The second-order valence-corrected chi connectivity index (χ2v) is 4.03. The molecule has 0 aliphatic rings. The van der Waals surface area contributed by atoms with Crippen molar-refractivity contribution < 1.29 is 9.53 Å². The standard InChI is InChI=1S/C11H11ClN4O2/c12-10-2-1-8(3-14-10)5-16-6-9(4-15-16)7-18-11(13)17/h1-4,6H,5,7H2,(H2,13,17). The van der Waals surface area contributed by atoms with Crippen LogP contribution in [0.25, 0.3) is 0 Å². The summed E-state index contributed by atoms with van der Waals surface area (Å²) < 4.78 is 6.38. The van der Waals surface area contributed by atoms with Crippen LogP contribution in [0, 0.1) is 0 Å². The van der Waals surface area contributed by atoms with Crippen LogP contribution in [0.4, 0.5) is 4.79 Å². The number of hydrogen-bond acceptors (Lipinski definition) is 4. The van der Waals surface area contributed by atoms with Crippen LogP contribution in [0.3, 0.4) is 0 Å². The fourth-order valence-electron chi connectivity index (χ4n) is 1.41. The first-order chi connectivity index (χ1) is 8.63. The molecule has 0 saturated heterocycles. The van der Waals surface area contributed by atoms with Crippen LogP contribution in [-0.4, -0.2) is 20.9 Å². The number of aromatic nitrogens is 3. The third-order valence-corrected chi connectivity index (χ3v) is 2.42. The lowest BCUT2D eigenvalue weighted by Crippen LogP contribution is -2.12. The number of halogens is 1. The lowest BCUT2D eigenvalue weighted by molar-refractivity contribution is 0.150. The minimum absolute atomic E-state index is 0.119. The molecule has 6 nitrogen and oxygen atoms in total. The van der Waals surface area contributed by atoms with Gasteiger partial charge in [-0.1, -0.05) is 17.7 Å². The predicted molar refractivity (Wildman–Crippen MR) is 64.9 cm³/mol. The lowest BCUT2D eigenvalue weighted by atomic mass is 10.3. The first kappa shape index (κ1) is 12.4. The van der Waals surface area contributed by atoms with Gasteiger partial charge in [0.05, 0.1) is 12.7 Å². The summed E-state index contributed by atoms with van der Waals surface area (Å²) in [6, 6.07) is 3.59. The van der Waals surface area contributed by atoms with Gasteiger partial charge in [-0.2, -0.15) is 5.10 Å². The molecule has 0 saturated carbocycles. The molecule has 2 rings (SSSR count). The van der Waals surface area contributed by atoms with Crippen molar-refractivity contribution in [3.05, 3.63) is 47.0 Å². The van der Waals surface area contributed by atoms with E-state index in [1.165, 1.54) is 0 Å². The summed E-state index contributed by atoms with van der Waals surface area (Å²) in [5, 5.41) is 4.59. The van der Waals surface area contributed by atoms with Gasteiger partial charge in [-0.3, -0.25) is 4.68 Å². The van der Waals surface area contributed by atoms with Crippen molar-refractivity contribution in [1.82, 2.24) is 14.8 Å². The largest absolute Gasteiger partial charge is 0.445 e. The van der Waals surface area contributed by atoms with E-state index in [4.69, 9.17) is 17.3 Å². The van der Waals surface area contributed by atoms with Gasteiger partial charge in [0.25, 0.3) is 0 Å². The molecular weight excluding hydrogens is 256 g/mol. The molecule has 2 N–H and O–H groups in total. The average Bonchev–Trinajstić information content (AvgIpc) is 2.77. The van der Waals surface area contributed by atoms with Crippen LogP contribution in [0.1, 0.15) is 11.1 Å². The zero-order valence-corrected chi connectivity index (χ0v) is 10.2. The van der Waals surface area contributed by atoms with Crippen molar-refractivity contribution in [2.75, 3.05) is 0 Å². The number of nitrogens with two attached hydrogens (primary N) is 1. The zero-order valence-electron chi connectivity index (χ0n) is 9.41. The molecule has 2 heterocycles. The van der Waals surface area contributed by atoms with E-state index in [9.17, 15) is 4.79 Å². The molecule has 0 aromatic carbocycles. The van der Waals surface area contributed by atoms with E-state index < -0.39 is 6.09 Å². The van der Waals surface area contributed by atoms with Gasteiger partial charge in [-0.25, -0.2) is 9.78 Å². The van der Waals surface area contributed by atoms with Crippen LogP contribution < -0.4 is 5.73 Å². The summed E-state index contributed by atoms with van der Waals surface area (Å²) in [7, 11) is 0. The summed E-state index contributed by atoms with van der Waals surface area (Å²) in [4.78, 5) is 14.4. The topological polar surface area (TPSA) is 83.0 Å². The van der Waals surface area contributed by atoms with Gasteiger partial charge in [0.15, 0.2) is 0 Å². The molecule has 0 aliphatic heterocycles. The Bertz CT molecular complexity index is 538. The molecule has 2 aromatic heterocycles. The van der Waals surface area contributed by atoms with Crippen LogP contribution in [0.2, 0.25) is 5.15 Å². The summed E-state index contributed by atoms with van der Waals surface area (Å²) in [6.07, 6.45) is 4.28. The summed E-state index contributed by atoms with van der Waals surface area (Å²) in [5.74, 6) is 0. The number of primary amides is 1. The number of nitrogens with zero attached hydrogens (tertiary/aromatic N) is 3. The Balaban J connectivity index is 1.97. The Hall–Kier alpha value is -2.08. The summed E-state index contributed by atoms with van der Waals surface area (Å²) in [5.41, 5.74) is 6.63. The maximum absolute atomic E-state index is 10.5. The Kier molecular flexibility index (Phi) is 3.78. The van der Waals surface area contributed by atoms with Crippen molar-refractivity contribution in [3.63, 3.8) is 0 Å². The Labute approximate surface area is 108 Å². The fourth-order valence-corrected chi connectivity index (χ4v) is 1.52. The van der Waals surface area contributed by atoms with Crippen molar-refractivity contribution in [3.8, 4) is 0 Å². The fraction of sp³-hybridized carbons (Fsp3) is 0.182. The van der Waals surface area contributed by atoms with Gasteiger partial charge >= 0.3 is 6.09 Å². The Morgan fingerprint density at radius 1 is 1.39 bits per heavy atom. The second-order valence-electron chi connectivity index (χ2n) is 3.64. The summed E-state index contributed by atoms with van der Waals surface area (Å²) in [6.45, 7) is 0.689. The van der Waals surface area contributed by atoms with Crippen LogP contribution in [0.15, 0.2) is 30.7 Å². The van der Waals surface area contributed by atoms with Crippen molar-refractivity contribution in [2.24, 2.45) is 5.73 Å². The number of carbonyl (C=O) groups is 1. The van der Waals surface area contributed by atoms with Gasteiger partial charge in [-0.15, -0.1) is 0 Å². The van der Waals surface area contributed by atoms with Crippen molar-refractivity contribution >= 4 is 17.7 Å². The van der Waals surface area contributed by atoms with E-state index in [-0.39, 0.29) is 6.61 Å². The van der Waals surface area contributed by atoms with Crippen LogP contribution >= 0.6 is 11.6 Å². The van der Waals surface area contributed by atoms with E-state index in [1.807, 2.05) is 6.07 Å². The molecule has 94 valence electrons. The SMILES string of the molecule is NC(=O)OCc1cnn(Cc2ccc(Cl)nc2)c1. The smallest absolute Gasteiger partial charge is 0.404 e. The second kappa shape index (κ2) is 5.50. The highest BCUT2D eigenvalue weighted by atomic mass is 35.5. The Morgan fingerprint density at radius 3 is 2.89 bits per heavy atom. The number of rotatable bonds is 4. The van der Waals surface area contributed by atoms with Crippen molar-refractivity contribution in [2.45, 2.75) is 13.2 Å². The number of amides is 1. The monoisotopic (exact) mass is 266 g/mol. The number of carbonyl (C=O) groups excluding carboxylic acids is 1. The molecule has 0 aliphatic carbocycles. The quantitative estimate of drug-likeness (QED) is 0.852. The van der Waals surface area contributed by atoms with E-state index >= 15 is 0 Å². The van der Waals surface area contributed by atoms with E-state index in [0.29, 0.717) is 11.7 Å². The Morgan fingerprint density at radius 2 is 2.22 bits per heavy atom. The molecule has 2 aromatic rings. The number of pyridine rings is 1. The number of ether oxygens (including phenoxy) is 1. The molecule has 0 fully saturated rings. The van der Waals surface area contributed by atoms with Gasteiger partial charge in [-0.05, 0) is 11.6 Å². The molecule has 0 spiro atoms. The molecule has 1 amide bonds. The van der Waals surface area contributed by atoms with Crippen LogP contribution in [-0.2, 0) is 17.9 Å². The number of hydrogen-bond donors (Lipinski definition) is 1. The molecule has 18 heavy (non-hydrogen) atoms. The van der Waals surface area contributed by atoms with E-state index in [0.717, 1.165) is 11.1 Å². The minimum atomic E-state index is -0.801. The molecule has 0 bridgehead atoms. The lowest BCUT2D eigenvalue weighted by Gasteiger charge is -2.01. The molecule has 0 atom stereocenters. The predicted octanol–water partition coefficient (Wildman–Crippen LogP) is 1.58. The van der Waals surface area contributed by atoms with E-state index in [2.05, 4.69) is 14.8 Å². The minimum Gasteiger partial charge on any atom is -0.445 e. The third kappa shape index (κ3) is 3.46. The highest BCUT2D eigenvalue weighted by molar-refractivity contribution is 6.29. The van der Waals surface area contributed by atoms with E-state index in [1.54, 1.807) is 29.3 Å². The third-order valence-electron chi connectivity index (χ3n) is 2.20. The molecule has 0 unspecified atom stereocenters. The molecule has 0 radical (unpaired) electrons. The maximum Gasteiger partial charge on any atom is 0.404 e. The van der Waals surface area contributed by atoms with Crippen molar-refractivity contribution in [1.29, 1.82) is 0 Å². The first-order valence-corrected chi connectivity index (χ1v) is 5.55.